The van der Waals surface area contributed by atoms with E-state index in [1.54, 1.807) is 0 Å². The Kier molecular flexibility index (Phi) is 7.26. The van der Waals surface area contributed by atoms with Crippen LogP contribution >= 0.6 is 0 Å². The third-order valence-electron chi connectivity index (χ3n) is 4.26. The Morgan fingerprint density at radius 2 is 1.96 bits per heavy atom. The molecule has 1 aliphatic heterocycles. The number of aliphatic carboxylic acids is 1. The molecule has 1 rings (SSSR count). The van der Waals surface area contributed by atoms with Crippen molar-refractivity contribution in [3.05, 3.63) is 0 Å². The molecule has 0 aromatic heterocycles. The van der Waals surface area contributed by atoms with Crippen LogP contribution in [-0.2, 0) is 28.5 Å². The lowest BCUT2D eigenvalue weighted by atomic mass is 9.87. The molecular formula is C14H24NO10-. The molecule has 25 heavy (non-hydrogen) atoms. The number of ether oxygens (including phenoxy) is 4. The molecule has 11 heteroatoms. The third kappa shape index (κ3) is 4.08. The molecule has 0 spiro atoms. The van der Waals surface area contributed by atoms with Crippen LogP contribution in [0.1, 0.15) is 13.3 Å². The van der Waals surface area contributed by atoms with Gasteiger partial charge in [0.1, 0.15) is 18.2 Å². The van der Waals surface area contributed by atoms with Crippen molar-refractivity contribution < 1.29 is 49.0 Å². The highest BCUT2D eigenvalue weighted by atomic mass is 16.7. The normalized spacial score (nSPS) is 31.4. The Labute approximate surface area is 144 Å². The van der Waals surface area contributed by atoms with Gasteiger partial charge in [-0.05, 0) is 0 Å². The van der Waals surface area contributed by atoms with Crippen LogP contribution in [0, 0.1) is 0 Å². The number of rotatable bonds is 8. The van der Waals surface area contributed by atoms with Gasteiger partial charge < -0.3 is 49.5 Å². The summed E-state index contributed by atoms with van der Waals surface area (Å²) in [5.74, 6) is -6.71. The molecule has 5 atom stereocenters. The molecule has 0 unspecified atom stereocenters. The van der Waals surface area contributed by atoms with Crippen molar-refractivity contribution in [1.82, 2.24) is 5.32 Å². The van der Waals surface area contributed by atoms with E-state index in [0.29, 0.717) is 0 Å². The Balaban J connectivity index is 3.33. The molecule has 11 nitrogen and oxygen atoms in total. The average Bonchev–Trinajstić information content (AvgIpc) is 2.57. The first kappa shape index (κ1) is 21.7. The Hall–Kier alpha value is -1.34. The maximum absolute atomic E-state index is 11.5. The van der Waals surface area contributed by atoms with Gasteiger partial charge in [-0.3, -0.25) is 4.79 Å². The second-order valence-corrected chi connectivity index (χ2v) is 5.65. The van der Waals surface area contributed by atoms with E-state index in [1.807, 2.05) is 0 Å². The van der Waals surface area contributed by atoms with Gasteiger partial charge in [-0.25, -0.2) is 0 Å². The average molecular weight is 366 g/mol. The van der Waals surface area contributed by atoms with E-state index in [2.05, 4.69) is 5.32 Å². The minimum Gasteiger partial charge on any atom is -0.544 e. The molecule has 1 heterocycles. The van der Waals surface area contributed by atoms with Crippen molar-refractivity contribution in [1.29, 1.82) is 0 Å². The second-order valence-electron chi connectivity index (χ2n) is 5.65. The maximum atomic E-state index is 11.5. The zero-order valence-electron chi connectivity index (χ0n) is 14.4. The maximum Gasteiger partial charge on any atom is 0.220 e. The van der Waals surface area contributed by atoms with Crippen LogP contribution in [0.15, 0.2) is 0 Å². The summed E-state index contributed by atoms with van der Waals surface area (Å²) in [5, 5.41) is 44.3. The predicted octanol–water partition coefficient (Wildman–Crippen LogP) is -3.92. The number of hydrogen-bond donors (Lipinski definition) is 4. The van der Waals surface area contributed by atoms with Crippen LogP contribution in [0.5, 0.6) is 0 Å². The summed E-state index contributed by atoms with van der Waals surface area (Å²) >= 11 is 0. The van der Waals surface area contributed by atoms with Crippen LogP contribution in [0.25, 0.3) is 0 Å². The second kappa shape index (κ2) is 8.36. The van der Waals surface area contributed by atoms with E-state index < -0.39 is 60.8 Å². The van der Waals surface area contributed by atoms with E-state index in [0.717, 1.165) is 21.3 Å². The number of aliphatic hydroxyl groups is 3. The molecule has 0 aliphatic carbocycles. The van der Waals surface area contributed by atoms with Crippen molar-refractivity contribution in [2.24, 2.45) is 0 Å². The Morgan fingerprint density at radius 3 is 2.32 bits per heavy atom. The van der Waals surface area contributed by atoms with E-state index in [4.69, 9.17) is 18.9 Å². The Bertz CT molecular complexity index is 474. The summed E-state index contributed by atoms with van der Waals surface area (Å²) in [6.45, 7) is 0.342. The fourth-order valence-electron chi connectivity index (χ4n) is 2.78. The molecule has 0 radical (unpaired) electrons. The molecule has 0 aromatic carbocycles. The summed E-state index contributed by atoms with van der Waals surface area (Å²) < 4.78 is 20.2. The van der Waals surface area contributed by atoms with Gasteiger partial charge in [0.05, 0.1) is 18.8 Å². The SMILES string of the molecule is COC(CO)(OC)[C@@H](O)[C@@H]1O[C@@](OC)(C(=O)[O-])C[C@H](O)[C@H]1NC(C)=O. The molecule has 0 saturated carbocycles. The molecule has 1 amide bonds. The minimum absolute atomic E-state index is 0.562. The number of amides is 1. The van der Waals surface area contributed by atoms with E-state index in [-0.39, 0.29) is 0 Å². The summed E-state index contributed by atoms with van der Waals surface area (Å²) in [6, 6.07) is -1.23. The first-order valence-corrected chi connectivity index (χ1v) is 7.41. The van der Waals surface area contributed by atoms with Gasteiger partial charge in [-0.2, -0.15) is 0 Å². The topological polar surface area (TPSA) is 167 Å². The molecule has 1 aliphatic rings. The summed E-state index contributed by atoms with van der Waals surface area (Å²) in [4.78, 5) is 22.9. The van der Waals surface area contributed by atoms with Crippen molar-refractivity contribution in [3.8, 4) is 0 Å². The number of carboxylic acids is 1. The van der Waals surface area contributed by atoms with Gasteiger partial charge in [-0.1, -0.05) is 0 Å². The standard InChI is InChI=1S/C14H25NO10/c1-7(17)15-9-8(18)5-13(22-2,12(20)21)25-10(9)11(19)14(6-16,23-3)24-4/h8-11,16,18-19H,5-6H2,1-4H3,(H,15,17)(H,20,21)/p-1/t8-,9+,10+,11-,13+/m0/s1. The molecule has 0 aromatic rings. The number of carbonyl (C=O) groups excluding carboxylic acids is 2. The molecule has 146 valence electrons. The first-order chi connectivity index (χ1) is 11.6. The molecular weight excluding hydrogens is 342 g/mol. The fraction of sp³-hybridized carbons (Fsp3) is 0.857. The molecule has 1 saturated heterocycles. The van der Waals surface area contributed by atoms with Gasteiger partial charge in [-0.15, -0.1) is 0 Å². The van der Waals surface area contributed by atoms with Gasteiger partial charge >= 0.3 is 0 Å². The largest absolute Gasteiger partial charge is 0.544 e. The van der Waals surface area contributed by atoms with E-state index >= 15 is 0 Å². The number of carboxylic acid groups (broad SMARTS) is 1. The van der Waals surface area contributed by atoms with Crippen LogP contribution < -0.4 is 10.4 Å². The van der Waals surface area contributed by atoms with Crippen molar-refractivity contribution in [2.45, 2.75) is 49.3 Å². The first-order valence-electron chi connectivity index (χ1n) is 7.41. The third-order valence-corrected chi connectivity index (χ3v) is 4.26. The van der Waals surface area contributed by atoms with Crippen LogP contribution in [0.4, 0.5) is 0 Å². The lowest BCUT2D eigenvalue weighted by Crippen LogP contribution is -2.71. The van der Waals surface area contributed by atoms with Gasteiger partial charge in [0.2, 0.25) is 17.5 Å². The highest BCUT2D eigenvalue weighted by molar-refractivity contribution is 5.75. The minimum atomic E-state index is -2.37. The molecule has 4 N–H and O–H groups in total. The quantitative estimate of drug-likeness (QED) is 0.311. The summed E-state index contributed by atoms with van der Waals surface area (Å²) in [7, 11) is 3.30. The zero-order valence-corrected chi connectivity index (χ0v) is 14.4. The fourth-order valence-corrected chi connectivity index (χ4v) is 2.78. The monoisotopic (exact) mass is 366 g/mol. The van der Waals surface area contributed by atoms with Crippen molar-refractivity contribution >= 4 is 11.9 Å². The highest BCUT2D eigenvalue weighted by Gasteiger charge is 2.55. The number of carbonyl (C=O) groups is 2. The number of methoxy groups -OCH3 is 3. The van der Waals surface area contributed by atoms with Crippen LogP contribution in [-0.4, -0.2) is 91.1 Å². The zero-order chi connectivity index (χ0) is 19.4. The van der Waals surface area contributed by atoms with Crippen molar-refractivity contribution in [2.75, 3.05) is 27.9 Å². The molecule has 1 fully saturated rings. The summed E-state index contributed by atoms with van der Waals surface area (Å²) in [5.41, 5.74) is 0. The van der Waals surface area contributed by atoms with Crippen LogP contribution in [0.2, 0.25) is 0 Å². The lowest BCUT2D eigenvalue weighted by Gasteiger charge is -2.50. The van der Waals surface area contributed by atoms with Crippen molar-refractivity contribution in [3.63, 3.8) is 0 Å². The van der Waals surface area contributed by atoms with E-state index in [1.165, 1.54) is 6.92 Å². The van der Waals surface area contributed by atoms with Gasteiger partial charge in [0.25, 0.3) is 0 Å². The predicted molar refractivity (Wildman–Crippen MR) is 77.7 cm³/mol. The number of nitrogens with one attached hydrogen (secondary N) is 1. The number of aliphatic hydroxyl groups excluding tert-OH is 3. The lowest BCUT2D eigenvalue weighted by molar-refractivity contribution is -0.387. The van der Waals surface area contributed by atoms with Gasteiger partial charge in [0.15, 0.2) is 0 Å². The van der Waals surface area contributed by atoms with Gasteiger partial charge in [0, 0.05) is 34.7 Å². The highest BCUT2D eigenvalue weighted by Crippen LogP contribution is 2.35. The number of hydrogen-bond acceptors (Lipinski definition) is 10. The smallest absolute Gasteiger partial charge is 0.220 e. The Morgan fingerprint density at radius 1 is 1.40 bits per heavy atom. The molecule has 0 bridgehead atoms. The van der Waals surface area contributed by atoms with Crippen LogP contribution in [0.3, 0.4) is 0 Å². The summed E-state index contributed by atoms with van der Waals surface area (Å²) in [6.07, 6.45) is -5.42. The van der Waals surface area contributed by atoms with E-state index in [9.17, 15) is 30.0 Å².